The first-order valence-corrected chi connectivity index (χ1v) is 10.5. The maximum Gasteiger partial charge on any atom is 0.254 e. The number of benzene rings is 1. The van der Waals surface area contributed by atoms with Gasteiger partial charge >= 0.3 is 0 Å². The molecule has 2 aromatic heterocycles. The first-order chi connectivity index (χ1) is 14.1. The molecule has 1 aromatic carbocycles. The molecule has 0 amide bonds. The maximum absolute atomic E-state index is 12.1. The van der Waals surface area contributed by atoms with E-state index in [0.717, 1.165) is 36.5 Å². The van der Waals surface area contributed by atoms with Crippen molar-refractivity contribution < 1.29 is 0 Å². The Morgan fingerprint density at radius 2 is 1.93 bits per heavy atom. The van der Waals surface area contributed by atoms with Crippen molar-refractivity contribution in [2.45, 2.75) is 52.0 Å². The van der Waals surface area contributed by atoms with Crippen molar-refractivity contribution in [2.24, 2.45) is 0 Å². The maximum atomic E-state index is 12.1. The minimum absolute atomic E-state index is 0.0893. The molecule has 5 heteroatoms. The number of hydrogen-bond donors (Lipinski definition) is 1. The van der Waals surface area contributed by atoms with Crippen LogP contribution in [-0.2, 0) is 6.42 Å². The second-order valence-electron chi connectivity index (χ2n) is 7.90. The summed E-state index contributed by atoms with van der Waals surface area (Å²) in [6.07, 6.45) is 7.75. The minimum atomic E-state index is -0.0893. The van der Waals surface area contributed by atoms with Gasteiger partial charge in [0.05, 0.1) is 0 Å². The molecule has 1 unspecified atom stereocenters. The molecule has 1 aliphatic rings. The molecule has 1 fully saturated rings. The van der Waals surface area contributed by atoms with Crippen LogP contribution in [0.15, 0.2) is 53.5 Å². The number of rotatable bonds is 5. The van der Waals surface area contributed by atoms with E-state index in [1.54, 1.807) is 6.92 Å². The fraction of sp³-hybridized carbons (Fsp3) is 0.375. The van der Waals surface area contributed by atoms with Gasteiger partial charge in [-0.25, -0.2) is 9.97 Å². The normalized spacial score (nSPS) is 16.8. The van der Waals surface area contributed by atoms with E-state index in [1.165, 1.54) is 24.8 Å². The Labute approximate surface area is 171 Å². The van der Waals surface area contributed by atoms with Gasteiger partial charge in [0.2, 0.25) is 0 Å². The smallest absolute Gasteiger partial charge is 0.254 e. The number of anilines is 1. The summed E-state index contributed by atoms with van der Waals surface area (Å²) in [6, 6.07) is 15.3. The topological polar surface area (TPSA) is 61.9 Å². The Balaban J connectivity index is 1.51. The molecule has 0 radical (unpaired) electrons. The van der Waals surface area contributed by atoms with Crippen LogP contribution in [0.2, 0.25) is 0 Å². The van der Waals surface area contributed by atoms with E-state index < -0.39 is 0 Å². The van der Waals surface area contributed by atoms with Crippen LogP contribution in [0.4, 0.5) is 5.82 Å². The summed E-state index contributed by atoms with van der Waals surface area (Å²) in [5, 5.41) is 0. The molecule has 4 rings (SSSR count). The Morgan fingerprint density at radius 3 is 2.66 bits per heavy atom. The number of aromatic nitrogens is 3. The molecule has 0 saturated carbocycles. The third-order valence-electron chi connectivity index (χ3n) is 5.95. The van der Waals surface area contributed by atoms with E-state index >= 15 is 0 Å². The van der Waals surface area contributed by atoms with Crippen molar-refractivity contribution in [1.29, 1.82) is 0 Å². The number of aromatic amines is 1. The van der Waals surface area contributed by atoms with E-state index in [4.69, 9.17) is 4.98 Å². The quantitative estimate of drug-likeness (QED) is 0.702. The summed E-state index contributed by atoms with van der Waals surface area (Å²) in [5.41, 5.74) is 3.56. The molecular weight excluding hydrogens is 360 g/mol. The second-order valence-corrected chi connectivity index (χ2v) is 7.90. The predicted molar refractivity (Wildman–Crippen MR) is 117 cm³/mol. The third kappa shape index (κ3) is 4.39. The van der Waals surface area contributed by atoms with Gasteiger partial charge in [0.25, 0.3) is 5.56 Å². The largest absolute Gasteiger partial charge is 0.354 e. The molecular formula is C24H28N4O. The van der Waals surface area contributed by atoms with Crippen molar-refractivity contribution in [2.75, 3.05) is 11.4 Å². The van der Waals surface area contributed by atoms with E-state index in [0.29, 0.717) is 17.4 Å². The fourth-order valence-electron chi connectivity index (χ4n) is 4.06. The van der Waals surface area contributed by atoms with E-state index in [1.807, 2.05) is 19.2 Å². The number of piperidine rings is 1. The molecule has 5 nitrogen and oxygen atoms in total. The SMILES string of the molecule is Cc1nc(-c2ccc(N3CCCCC3CCc3ccccc3)nc2)[nH]c(=O)c1C. The van der Waals surface area contributed by atoms with Crippen LogP contribution in [0.25, 0.3) is 11.4 Å². The van der Waals surface area contributed by atoms with Gasteiger partial charge < -0.3 is 9.88 Å². The minimum Gasteiger partial charge on any atom is -0.354 e. The molecule has 0 aliphatic carbocycles. The van der Waals surface area contributed by atoms with Crippen LogP contribution in [-0.4, -0.2) is 27.5 Å². The summed E-state index contributed by atoms with van der Waals surface area (Å²) in [5.74, 6) is 1.59. The molecule has 1 aliphatic heterocycles. The van der Waals surface area contributed by atoms with Crippen molar-refractivity contribution >= 4 is 5.82 Å². The number of hydrogen-bond acceptors (Lipinski definition) is 4. The molecule has 0 bridgehead atoms. The molecule has 0 spiro atoms. The summed E-state index contributed by atoms with van der Waals surface area (Å²) < 4.78 is 0. The van der Waals surface area contributed by atoms with Crippen LogP contribution in [0.3, 0.4) is 0 Å². The highest BCUT2D eigenvalue weighted by atomic mass is 16.1. The van der Waals surface area contributed by atoms with E-state index in [-0.39, 0.29) is 5.56 Å². The van der Waals surface area contributed by atoms with Gasteiger partial charge in [-0.1, -0.05) is 30.3 Å². The molecule has 1 N–H and O–H groups in total. The van der Waals surface area contributed by atoms with Gasteiger partial charge in [0, 0.05) is 35.6 Å². The van der Waals surface area contributed by atoms with E-state index in [9.17, 15) is 4.79 Å². The van der Waals surface area contributed by atoms with Crippen molar-refractivity contribution in [3.63, 3.8) is 0 Å². The zero-order chi connectivity index (χ0) is 20.2. The summed E-state index contributed by atoms with van der Waals surface area (Å²) in [4.78, 5) is 26.6. The lowest BCUT2D eigenvalue weighted by molar-refractivity contribution is 0.435. The van der Waals surface area contributed by atoms with Gasteiger partial charge in [-0.15, -0.1) is 0 Å². The molecule has 1 saturated heterocycles. The molecule has 3 aromatic rings. The van der Waals surface area contributed by atoms with Crippen LogP contribution in [0, 0.1) is 13.8 Å². The number of aryl methyl sites for hydroxylation is 2. The molecule has 150 valence electrons. The van der Waals surface area contributed by atoms with Crippen molar-refractivity contribution in [3.8, 4) is 11.4 Å². The Hall–Kier alpha value is -2.95. The third-order valence-corrected chi connectivity index (χ3v) is 5.95. The lowest BCUT2D eigenvalue weighted by atomic mass is 9.96. The first kappa shape index (κ1) is 19.4. The molecule has 3 heterocycles. The van der Waals surface area contributed by atoms with Crippen molar-refractivity contribution in [1.82, 2.24) is 15.0 Å². The lowest BCUT2D eigenvalue weighted by Crippen LogP contribution is -2.40. The number of pyridine rings is 1. The standard InChI is InChI=1S/C24H28N4O/c1-17-18(2)26-23(27-24(17)29)20-12-14-22(25-16-20)28-15-7-6-10-21(28)13-11-19-8-4-3-5-9-19/h3-5,8-9,12,14,16,21H,6-7,10-11,13,15H2,1-2H3,(H,26,27,29). The highest BCUT2D eigenvalue weighted by molar-refractivity contribution is 5.57. The van der Waals surface area contributed by atoms with Crippen molar-refractivity contribution in [3.05, 3.63) is 75.8 Å². The van der Waals surface area contributed by atoms with Gasteiger partial charge in [0.1, 0.15) is 11.6 Å². The molecule has 1 atom stereocenters. The van der Waals surface area contributed by atoms with Crippen LogP contribution < -0.4 is 10.5 Å². The number of nitrogens with zero attached hydrogens (tertiary/aromatic N) is 3. The summed E-state index contributed by atoms with van der Waals surface area (Å²) >= 11 is 0. The first-order valence-electron chi connectivity index (χ1n) is 10.5. The highest BCUT2D eigenvalue weighted by Crippen LogP contribution is 2.27. The lowest BCUT2D eigenvalue weighted by Gasteiger charge is -2.37. The van der Waals surface area contributed by atoms with Crippen LogP contribution in [0.1, 0.15) is 42.5 Å². The van der Waals surface area contributed by atoms with Gasteiger partial charge in [-0.05, 0) is 63.6 Å². The van der Waals surface area contributed by atoms with E-state index in [2.05, 4.69) is 51.3 Å². The summed E-state index contributed by atoms with van der Waals surface area (Å²) in [7, 11) is 0. The van der Waals surface area contributed by atoms with Gasteiger partial charge in [-0.3, -0.25) is 4.79 Å². The zero-order valence-corrected chi connectivity index (χ0v) is 17.2. The van der Waals surface area contributed by atoms with Gasteiger partial charge in [-0.2, -0.15) is 0 Å². The fourth-order valence-corrected chi connectivity index (χ4v) is 4.06. The second kappa shape index (κ2) is 8.60. The Morgan fingerprint density at radius 1 is 1.10 bits per heavy atom. The monoisotopic (exact) mass is 388 g/mol. The molecule has 29 heavy (non-hydrogen) atoms. The Bertz CT molecular complexity index is 1010. The number of nitrogens with one attached hydrogen (secondary N) is 1. The van der Waals surface area contributed by atoms with Crippen LogP contribution in [0.5, 0.6) is 0 Å². The average Bonchev–Trinajstić information content (AvgIpc) is 2.77. The average molecular weight is 389 g/mol. The number of H-pyrrole nitrogens is 1. The summed E-state index contributed by atoms with van der Waals surface area (Å²) in [6.45, 7) is 4.70. The Kier molecular flexibility index (Phi) is 5.74. The highest BCUT2D eigenvalue weighted by Gasteiger charge is 2.23. The predicted octanol–water partition coefficient (Wildman–Crippen LogP) is 4.44. The van der Waals surface area contributed by atoms with Crippen LogP contribution >= 0.6 is 0 Å². The van der Waals surface area contributed by atoms with Gasteiger partial charge in [0.15, 0.2) is 0 Å². The zero-order valence-electron chi connectivity index (χ0n) is 17.2.